The molecule has 0 radical (unpaired) electrons. The van der Waals surface area contributed by atoms with Crippen molar-refractivity contribution < 1.29 is 23.6 Å². The molecule has 4 amide bonds. The highest BCUT2D eigenvalue weighted by atomic mass is 16.3. The average Bonchev–Trinajstić information content (AvgIpc) is 3.30. The van der Waals surface area contributed by atoms with Crippen molar-refractivity contribution in [1.29, 1.82) is 0 Å². The molecule has 0 saturated carbocycles. The smallest absolute Gasteiger partial charge is 0.289 e. The van der Waals surface area contributed by atoms with Crippen LogP contribution in [0.4, 0.5) is 0 Å². The maximum Gasteiger partial charge on any atom is 0.289 e. The summed E-state index contributed by atoms with van der Waals surface area (Å²) in [4.78, 5) is 53.2. The summed E-state index contributed by atoms with van der Waals surface area (Å²) < 4.78 is 5.13. The van der Waals surface area contributed by atoms with E-state index < -0.39 is 23.8 Å². The van der Waals surface area contributed by atoms with Crippen LogP contribution >= 0.6 is 0 Å². The first-order chi connectivity index (χ1) is 13.9. The molecule has 1 fully saturated rings. The maximum absolute atomic E-state index is 13.1. The molecular weight excluding hydrogens is 374 g/mol. The van der Waals surface area contributed by atoms with E-state index in [1.165, 1.54) is 11.2 Å². The molecule has 2 aliphatic heterocycles. The first-order valence-electron chi connectivity index (χ1n) is 9.16. The molecule has 1 aromatic heterocycles. The Morgan fingerprint density at radius 3 is 2.72 bits per heavy atom. The highest BCUT2D eigenvalue weighted by Gasteiger charge is 2.45. The standard InChI is InChI=1S/C21H19N3O5/c1-12-8-9-15(18(25)22-12)24-19(26)14-6-3-5-13(17(14)21(24)28)11-23(2)20(27)16-7-4-10-29-16/h3-7,10,15H,1,8-9,11H2,2H3,(H,22,25). The molecule has 4 rings (SSSR count). The van der Waals surface area contributed by atoms with Gasteiger partial charge >= 0.3 is 0 Å². The van der Waals surface area contributed by atoms with Crippen LogP contribution in [0.5, 0.6) is 0 Å². The Labute approximate surface area is 166 Å². The van der Waals surface area contributed by atoms with Gasteiger partial charge in [-0.15, -0.1) is 0 Å². The third-order valence-electron chi connectivity index (χ3n) is 5.15. The van der Waals surface area contributed by atoms with Gasteiger partial charge in [-0.2, -0.15) is 0 Å². The van der Waals surface area contributed by atoms with Gasteiger partial charge in [-0.25, -0.2) is 0 Å². The number of nitrogens with zero attached hydrogens (tertiary/aromatic N) is 2. The highest BCUT2D eigenvalue weighted by Crippen LogP contribution is 2.31. The minimum Gasteiger partial charge on any atom is -0.459 e. The van der Waals surface area contributed by atoms with Gasteiger partial charge in [0.1, 0.15) is 6.04 Å². The minimum atomic E-state index is -0.872. The number of nitrogens with one attached hydrogen (secondary N) is 1. The van der Waals surface area contributed by atoms with E-state index in [0.29, 0.717) is 24.1 Å². The van der Waals surface area contributed by atoms with Crippen molar-refractivity contribution in [3.05, 3.63) is 71.3 Å². The van der Waals surface area contributed by atoms with Crippen LogP contribution in [-0.2, 0) is 11.3 Å². The van der Waals surface area contributed by atoms with E-state index in [0.717, 1.165) is 4.90 Å². The second kappa shape index (κ2) is 7.05. The molecule has 1 N–H and O–H groups in total. The fraction of sp³-hybridized carbons (Fsp3) is 0.238. The van der Waals surface area contributed by atoms with Crippen LogP contribution in [0.1, 0.15) is 49.7 Å². The van der Waals surface area contributed by atoms with E-state index in [2.05, 4.69) is 11.9 Å². The van der Waals surface area contributed by atoms with Crippen molar-refractivity contribution >= 4 is 23.6 Å². The van der Waals surface area contributed by atoms with Gasteiger partial charge in [0.2, 0.25) is 5.91 Å². The number of allylic oxidation sites excluding steroid dienone is 1. The average molecular weight is 393 g/mol. The second-order valence-electron chi connectivity index (χ2n) is 7.11. The summed E-state index contributed by atoms with van der Waals surface area (Å²) in [6.07, 6.45) is 2.24. The summed E-state index contributed by atoms with van der Waals surface area (Å²) in [6, 6.07) is 7.22. The van der Waals surface area contributed by atoms with Crippen LogP contribution in [-0.4, -0.2) is 46.5 Å². The predicted octanol–water partition coefficient (Wildman–Crippen LogP) is 1.94. The number of piperidine rings is 1. The number of imide groups is 1. The highest BCUT2D eigenvalue weighted by molar-refractivity contribution is 6.23. The van der Waals surface area contributed by atoms with Crippen molar-refractivity contribution in [1.82, 2.24) is 15.1 Å². The number of carbonyl (C=O) groups is 4. The molecule has 1 atom stereocenters. The number of rotatable bonds is 4. The topological polar surface area (TPSA) is 99.9 Å². The Balaban J connectivity index is 1.62. The zero-order valence-corrected chi connectivity index (χ0v) is 15.8. The molecule has 1 saturated heterocycles. The number of benzene rings is 1. The van der Waals surface area contributed by atoms with Gasteiger partial charge in [0.05, 0.1) is 17.4 Å². The largest absolute Gasteiger partial charge is 0.459 e. The van der Waals surface area contributed by atoms with Crippen LogP contribution in [0.3, 0.4) is 0 Å². The number of carbonyl (C=O) groups excluding carboxylic acids is 4. The van der Waals surface area contributed by atoms with Gasteiger partial charge in [0.15, 0.2) is 5.76 Å². The van der Waals surface area contributed by atoms with E-state index >= 15 is 0 Å². The Morgan fingerprint density at radius 2 is 2.03 bits per heavy atom. The summed E-state index contributed by atoms with van der Waals surface area (Å²) in [5.74, 6) is -1.59. The lowest BCUT2D eigenvalue weighted by molar-refractivity contribution is -0.125. The molecule has 8 nitrogen and oxygen atoms in total. The third kappa shape index (κ3) is 3.12. The summed E-state index contributed by atoms with van der Waals surface area (Å²) in [6.45, 7) is 3.84. The molecule has 2 aromatic rings. The van der Waals surface area contributed by atoms with Crippen molar-refractivity contribution in [2.45, 2.75) is 25.4 Å². The second-order valence-corrected chi connectivity index (χ2v) is 7.11. The van der Waals surface area contributed by atoms with Gasteiger partial charge in [0, 0.05) is 19.3 Å². The zero-order valence-electron chi connectivity index (χ0n) is 15.8. The lowest BCUT2D eigenvalue weighted by Gasteiger charge is -2.29. The van der Waals surface area contributed by atoms with Gasteiger partial charge in [-0.05, 0) is 36.6 Å². The quantitative estimate of drug-likeness (QED) is 0.801. The van der Waals surface area contributed by atoms with Gasteiger partial charge < -0.3 is 14.6 Å². The fourth-order valence-electron chi connectivity index (χ4n) is 3.71. The van der Waals surface area contributed by atoms with E-state index in [1.54, 1.807) is 37.4 Å². The molecule has 29 heavy (non-hydrogen) atoms. The molecule has 0 bridgehead atoms. The van der Waals surface area contributed by atoms with Crippen molar-refractivity contribution in [3.8, 4) is 0 Å². The molecule has 148 valence electrons. The summed E-state index contributed by atoms with van der Waals surface area (Å²) >= 11 is 0. The third-order valence-corrected chi connectivity index (χ3v) is 5.15. The van der Waals surface area contributed by atoms with Crippen molar-refractivity contribution in [2.24, 2.45) is 0 Å². The van der Waals surface area contributed by atoms with Crippen LogP contribution in [0.15, 0.2) is 53.3 Å². The lowest BCUT2D eigenvalue weighted by Crippen LogP contribution is -2.51. The van der Waals surface area contributed by atoms with Crippen LogP contribution in [0.2, 0.25) is 0 Å². The first kappa shape index (κ1) is 18.7. The monoisotopic (exact) mass is 393 g/mol. The van der Waals surface area contributed by atoms with E-state index in [4.69, 9.17) is 4.42 Å². The van der Waals surface area contributed by atoms with Gasteiger partial charge in [0.25, 0.3) is 17.7 Å². The summed E-state index contributed by atoms with van der Waals surface area (Å²) in [5.41, 5.74) is 1.57. The van der Waals surface area contributed by atoms with E-state index in [-0.39, 0.29) is 29.3 Å². The van der Waals surface area contributed by atoms with Crippen molar-refractivity contribution in [3.63, 3.8) is 0 Å². The maximum atomic E-state index is 13.1. The SMILES string of the molecule is C=C1CCC(N2C(=O)c3cccc(CN(C)C(=O)c4ccco4)c3C2=O)C(=O)N1. The van der Waals surface area contributed by atoms with Crippen LogP contribution in [0.25, 0.3) is 0 Å². The Bertz CT molecular complexity index is 1040. The number of hydrogen-bond donors (Lipinski definition) is 1. The summed E-state index contributed by atoms with van der Waals surface area (Å²) in [7, 11) is 1.59. The van der Waals surface area contributed by atoms with E-state index in [9.17, 15) is 19.2 Å². The number of fused-ring (bicyclic) bond motifs is 1. The Morgan fingerprint density at radius 1 is 1.24 bits per heavy atom. The fourth-order valence-corrected chi connectivity index (χ4v) is 3.71. The molecule has 1 aromatic carbocycles. The Hall–Kier alpha value is -3.68. The van der Waals surface area contributed by atoms with Crippen LogP contribution in [0, 0.1) is 0 Å². The number of furan rings is 1. The van der Waals surface area contributed by atoms with Crippen molar-refractivity contribution in [2.75, 3.05) is 7.05 Å². The first-order valence-corrected chi connectivity index (χ1v) is 9.16. The number of amides is 4. The zero-order chi connectivity index (χ0) is 20.7. The van der Waals surface area contributed by atoms with E-state index in [1.807, 2.05) is 0 Å². The molecule has 8 heteroatoms. The molecular formula is C21H19N3O5. The summed E-state index contributed by atoms with van der Waals surface area (Å²) in [5, 5.41) is 2.61. The molecule has 1 unspecified atom stereocenters. The minimum absolute atomic E-state index is 0.114. The van der Waals surface area contributed by atoms with Crippen LogP contribution < -0.4 is 5.32 Å². The number of hydrogen-bond acceptors (Lipinski definition) is 5. The Kier molecular flexibility index (Phi) is 4.54. The normalized spacial score (nSPS) is 18.7. The lowest BCUT2D eigenvalue weighted by atomic mass is 10.0. The molecule has 3 heterocycles. The van der Waals surface area contributed by atoms with Gasteiger partial charge in [-0.3, -0.25) is 24.1 Å². The molecule has 0 spiro atoms. The molecule has 0 aliphatic carbocycles. The predicted molar refractivity (Wildman–Crippen MR) is 102 cm³/mol. The molecule has 2 aliphatic rings. The van der Waals surface area contributed by atoms with Gasteiger partial charge in [-0.1, -0.05) is 18.7 Å².